The first-order chi connectivity index (χ1) is 7.74. The summed E-state index contributed by atoms with van der Waals surface area (Å²) >= 11 is 9.31. The van der Waals surface area contributed by atoms with Crippen molar-refractivity contribution in [3.63, 3.8) is 0 Å². The van der Waals surface area contributed by atoms with E-state index < -0.39 is 0 Å². The van der Waals surface area contributed by atoms with E-state index in [9.17, 15) is 0 Å². The van der Waals surface area contributed by atoms with Gasteiger partial charge in [-0.2, -0.15) is 0 Å². The lowest BCUT2D eigenvalue weighted by molar-refractivity contribution is 1.50. The summed E-state index contributed by atoms with van der Waals surface area (Å²) in [7, 11) is 0. The van der Waals surface area contributed by atoms with E-state index >= 15 is 0 Å². The number of hydrogen-bond acceptors (Lipinski definition) is 4. The van der Waals surface area contributed by atoms with Crippen LogP contribution in [0.1, 0.15) is 0 Å². The lowest BCUT2D eigenvalue weighted by Crippen LogP contribution is -1.81. The third-order valence-corrected chi connectivity index (χ3v) is 4.74. The van der Waals surface area contributed by atoms with Gasteiger partial charge in [0.25, 0.3) is 0 Å². The van der Waals surface area contributed by atoms with Gasteiger partial charge in [-0.1, -0.05) is 11.6 Å². The molecule has 16 heavy (non-hydrogen) atoms. The average molecular weight is 267 g/mol. The number of benzene rings is 1. The molecule has 0 aliphatic rings. The average Bonchev–Trinajstić information content (AvgIpc) is 2.82. The van der Waals surface area contributed by atoms with Crippen molar-refractivity contribution in [2.24, 2.45) is 0 Å². The number of thiazole rings is 1. The molecule has 3 aromatic rings. The van der Waals surface area contributed by atoms with Crippen LogP contribution in [0.3, 0.4) is 0 Å². The number of anilines is 1. The summed E-state index contributed by atoms with van der Waals surface area (Å²) in [5.74, 6) is 0. The minimum absolute atomic E-state index is 0.761. The fourth-order valence-electron chi connectivity index (χ4n) is 1.48. The van der Waals surface area contributed by atoms with E-state index in [0.29, 0.717) is 0 Å². The summed E-state index contributed by atoms with van der Waals surface area (Å²) in [6, 6.07) is 7.63. The highest BCUT2D eigenvalue weighted by atomic mass is 35.5. The number of aromatic nitrogens is 1. The van der Waals surface area contributed by atoms with Gasteiger partial charge in [0.15, 0.2) is 0 Å². The predicted octanol–water partition coefficient (Wildman–Crippen LogP) is 4.26. The fourth-order valence-corrected chi connectivity index (χ4v) is 3.81. The van der Waals surface area contributed by atoms with E-state index in [1.54, 1.807) is 22.7 Å². The second kappa shape index (κ2) is 3.73. The van der Waals surface area contributed by atoms with E-state index in [0.717, 1.165) is 30.8 Å². The smallest absolute Gasteiger partial charge is 0.136 e. The van der Waals surface area contributed by atoms with Crippen LogP contribution >= 0.6 is 34.3 Å². The molecule has 0 bridgehead atoms. The Hall–Kier alpha value is -1.10. The molecule has 1 aromatic carbocycles. The van der Waals surface area contributed by atoms with Gasteiger partial charge in [-0.15, -0.1) is 22.7 Å². The third-order valence-electron chi connectivity index (χ3n) is 2.22. The number of nitrogens with two attached hydrogens (primary N) is 1. The Morgan fingerprint density at radius 3 is 2.88 bits per heavy atom. The van der Waals surface area contributed by atoms with Crippen LogP contribution in [0.5, 0.6) is 0 Å². The first-order valence-corrected chi connectivity index (χ1v) is 6.71. The molecule has 0 spiro atoms. The molecule has 0 saturated carbocycles. The molecule has 2 heterocycles. The minimum atomic E-state index is 0.761. The van der Waals surface area contributed by atoms with Crippen LogP contribution in [0, 0.1) is 0 Å². The van der Waals surface area contributed by atoms with Gasteiger partial charge in [-0.3, -0.25) is 0 Å². The number of hydrogen-bond donors (Lipinski definition) is 1. The van der Waals surface area contributed by atoms with Gasteiger partial charge in [0.05, 0.1) is 20.1 Å². The van der Waals surface area contributed by atoms with Crippen molar-refractivity contribution < 1.29 is 0 Å². The van der Waals surface area contributed by atoms with Crippen molar-refractivity contribution in [2.75, 3.05) is 5.73 Å². The lowest BCUT2D eigenvalue weighted by Gasteiger charge is -1.89. The Balaban J connectivity index is 2.23. The van der Waals surface area contributed by atoms with Gasteiger partial charge in [-0.05, 0) is 29.6 Å². The van der Waals surface area contributed by atoms with Crippen molar-refractivity contribution >= 4 is 50.2 Å². The quantitative estimate of drug-likeness (QED) is 0.669. The largest absolute Gasteiger partial charge is 0.399 e. The molecule has 0 aliphatic carbocycles. The molecule has 0 fully saturated rings. The molecule has 2 N–H and O–H groups in total. The number of rotatable bonds is 1. The maximum atomic E-state index is 6.09. The zero-order valence-electron chi connectivity index (χ0n) is 8.11. The molecular formula is C11H7ClN2S2. The number of nitrogens with zero attached hydrogens (tertiary/aromatic N) is 1. The summed E-state index contributed by atoms with van der Waals surface area (Å²) in [5, 5.41) is 3.69. The Kier molecular flexibility index (Phi) is 2.35. The van der Waals surface area contributed by atoms with Crippen molar-refractivity contribution in [2.45, 2.75) is 0 Å². The van der Waals surface area contributed by atoms with E-state index in [-0.39, 0.29) is 0 Å². The summed E-state index contributed by atoms with van der Waals surface area (Å²) in [6.07, 6.45) is 0. The Morgan fingerprint density at radius 1 is 1.25 bits per heavy atom. The van der Waals surface area contributed by atoms with E-state index in [1.165, 1.54) is 0 Å². The molecule has 2 nitrogen and oxygen atoms in total. The van der Waals surface area contributed by atoms with E-state index in [1.807, 2.05) is 29.6 Å². The molecule has 0 unspecified atom stereocenters. The van der Waals surface area contributed by atoms with Gasteiger partial charge >= 0.3 is 0 Å². The van der Waals surface area contributed by atoms with Crippen molar-refractivity contribution in [1.29, 1.82) is 0 Å². The fraction of sp³-hybridized carbons (Fsp3) is 0. The van der Waals surface area contributed by atoms with Gasteiger partial charge in [0.2, 0.25) is 0 Å². The number of thiophene rings is 1. The second-order valence-corrected chi connectivity index (χ2v) is 5.70. The highest BCUT2D eigenvalue weighted by Gasteiger charge is 2.10. The van der Waals surface area contributed by atoms with Gasteiger partial charge < -0.3 is 5.73 Å². The van der Waals surface area contributed by atoms with E-state index in [4.69, 9.17) is 17.3 Å². The van der Waals surface area contributed by atoms with Crippen LogP contribution in [-0.4, -0.2) is 4.98 Å². The highest BCUT2D eigenvalue weighted by Crippen LogP contribution is 2.38. The van der Waals surface area contributed by atoms with Crippen LogP contribution in [0.4, 0.5) is 5.69 Å². The molecule has 3 rings (SSSR count). The maximum absolute atomic E-state index is 6.09. The number of fused-ring (bicyclic) bond motifs is 1. The Bertz CT molecular complexity index is 657. The Labute approximate surface area is 105 Å². The van der Waals surface area contributed by atoms with Gasteiger partial charge in [0.1, 0.15) is 5.01 Å². The highest BCUT2D eigenvalue weighted by molar-refractivity contribution is 7.25. The zero-order chi connectivity index (χ0) is 11.1. The lowest BCUT2D eigenvalue weighted by atomic mass is 10.3. The second-order valence-electron chi connectivity index (χ2n) is 3.34. The van der Waals surface area contributed by atoms with Gasteiger partial charge in [-0.25, -0.2) is 4.98 Å². The summed E-state index contributed by atoms with van der Waals surface area (Å²) in [4.78, 5) is 5.58. The van der Waals surface area contributed by atoms with Crippen molar-refractivity contribution in [1.82, 2.24) is 4.98 Å². The zero-order valence-corrected chi connectivity index (χ0v) is 10.5. The van der Waals surface area contributed by atoms with Crippen molar-refractivity contribution in [3.8, 4) is 9.88 Å². The molecule has 0 aliphatic heterocycles. The molecule has 5 heteroatoms. The van der Waals surface area contributed by atoms with E-state index in [2.05, 4.69) is 4.98 Å². The molecule has 80 valence electrons. The number of halogens is 1. The normalized spacial score (nSPS) is 11.1. The standard InChI is InChI=1S/C11H7ClN2S2/c12-7-3-4-15-10(7)11-14-8-2-1-6(13)5-9(8)16-11/h1-5H,13H2. The topological polar surface area (TPSA) is 38.9 Å². The van der Waals surface area contributed by atoms with Crippen LogP contribution in [0.15, 0.2) is 29.6 Å². The van der Waals surface area contributed by atoms with Crippen LogP contribution < -0.4 is 5.73 Å². The molecule has 2 aromatic heterocycles. The summed E-state index contributed by atoms with van der Waals surface area (Å²) in [6.45, 7) is 0. The van der Waals surface area contributed by atoms with Gasteiger partial charge in [0, 0.05) is 5.69 Å². The molecular weight excluding hydrogens is 260 g/mol. The first-order valence-electron chi connectivity index (χ1n) is 4.63. The maximum Gasteiger partial charge on any atom is 0.136 e. The number of nitrogen functional groups attached to an aromatic ring is 1. The molecule has 0 saturated heterocycles. The van der Waals surface area contributed by atoms with Crippen LogP contribution in [0.25, 0.3) is 20.1 Å². The molecule has 0 amide bonds. The van der Waals surface area contributed by atoms with Crippen LogP contribution in [-0.2, 0) is 0 Å². The summed E-state index contributed by atoms with van der Waals surface area (Å²) in [5.41, 5.74) is 7.47. The summed E-state index contributed by atoms with van der Waals surface area (Å²) < 4.78 is 1.10. The molecule has 0 atom stereocenters. The first kappa shape index (κ1) is 10.1. The third kappa shape index (κ3) is 1.59. The minimum Gasteiger partial charge on any atom is -0.399 e. The van der Waals surface area contributed by atoms with Crippen LogP contribution in [0.2, 0.25) is 5.02 Å². The molecule has 0 radical (unpaired) electrons. The van der Waals surface area contributed by atoms with Crippen molar-refractivity contribution in [3.05, 3.63) is 34.7 Å². The predicted molar refractivity (Wildman–Crippen MR) is 72.4 cm³/mol. The Morgan fingerprint density at radius 2 is 2.12 bits per heavy atom. The monoisotopic (exact) mass is 266 g/mol. The SMILES string of the molecule is Nc1ccc2nc(-c3sccc3Cl)sc2c1.